The first-order valence-electron chi connectivity index (χ1n) is 9.12. The van der Waals surface area contributed by atoms with Crippen LogP contribution in [0.25, 0.3) is 0 Å². The van der Waals surface area contributed by atoms with Gasteiger partial charge in [-0.25, -0.2) is 4.98 Å². The lowest BCUT2D eigenvalue weighted by Crippen LogP contribution is -2.26. The molecule has 1 amide bonds. The average Bonchev–Trinajstić information content (AvgIpc) is 3.21. The van der Waals surface area contributed by atoms with Gasteiger partial charge in [0, 0.05) is 47.1 Å². The number of pyridine rings is 1. The highest BCUT2D eigenvalue weighted by atomic mass is 79.9. The molecule has 1 aromatic carbocycles. The third kappa shape index (κ3) is 6.03. The smallest absolute Gasteiger partial charge is 0.221 e. The minimum Gasteiger partial charge on any atom is -0.356 e. The van der Waals surface area contributed by atoms with Gasteiger partial charge in [-0.05, 0) is 49.1 Å². The molecular formula is C21H23BrN4O. The van der Waals surface area contributed by atoms with Crippen molar-refractivity contribution in [3.05, 3.63) is 82.6 Å². The summed E-state index contributed by atoms with van der Waals surface area (Å²) in [6, 6.07) is 13.9. The molecule has 2 aromatic heterocycles. The quantitative estimate of drug-likeness (QED) is 0.502. The maximum absolute atomic E-state index is 12.5. The van der Waals surface area contributed by atoms with Gasteiger partial charge in [-0.2, -0.15) is 0 Å². The van der Waals surface area contributed by atoms with Crippen LogP contribution in [-0.4, -0.2) is 27.4 Å². The Labute approximate surface area is 167 Å². The first kappa shape index (κ1) is 19.3. The molecule has 0 saturated heterocycles. The second-order valence-corrected chi connectivity index (χ2v) is 7.36. The van der Waals surface area contributed by atoms with Crippen LogP contribution in [0, 0.1) is 0 Å². The molecule has 2 heterocycles. The number of amides is 1. The number of rotatable bonds is 9. The van der Waals surface area contributed by atoms with Crippen molar-refractivity contribution >= 4 is 21.8 Å². The standard InChI is InChI=1S/C21H23BrN4O/c22-17-9-7-16(8-10-17)19(20-6-2-4-11-24-20)13-21(27)25-12-3-1-5-18-14-23-15-26-18/h2,4,6-11,14-15,19H,1,3,5,12-13H2,(H,23,26)(H,25,27). The molecule has 0 saturated carbocycles. The van der Waals surface area contributed by atoms with E-state index in [-0.39, 0.29) is 11.8 Å². The fourth-order valence-electron chi connectivity index (χ4n) is 3.02. The summed E-state index contributed by atoms with van der Waals surface area (Å²) in [6.45, 7) is 0.683. The van der Waals surface area contributed by atoms with Crippen molar-refractivity contribution < 1.29 is 4.79 Å². The van der Waals surface area contributed by atoms with Crippen LogP contribution in [0.15, 0.2) is 65.7 Å². The van der Waals surface area contributed by atoms with Gasteiger partial charge in [0.1, 0.15) is 0 Å². The molecule has 1 unspecified atom stereocenters. The van der Waals surface area contributed by atoms with Crippen LogP contribution in [0.4, 0.5) is 0 Å². The highest BCUT2D eigenvalue weighted by Gasteiger charge is 2.19. The van der Waals surface area contributed by atoms with Crippen molar-refractivity contribution in [3.63, 3.8) is 0 Å². The van der Waals surface area contributed by atoms with E-state index in [4.69, 9.17) is 0 Å². The SMILES string of the molecule is O=C(CC(c1ccc(Br)cc1)c1ccccn1)NCCCCc1cnc[nH]1. The van der Waals surface area contributed by atoms with Gasteiger partial charge in [0.05, 0.1) is 6.33 Å². The summed E-state index contributed by atoms with van der Waals surface area (Å²) in [5.74, 6) is -0.000551. The highest BCUT2D eigenvalue weighted by molar-refractivity contribution is 9.10. The predicted molar refractivity (Wildman–Crippen MR) is 109 cm³/mol. The van der Waals surface area contributed by atoms with Crippen LogP contribution < -0.4 is 5.32 Å². The number of aromatic nitrogens is 3. The van der Waals surface area contributed by atoms with E-state index in [0.717, 1.165) is 40.7 Å². The normalized spacial score (nSPS) is 11.9. The second kappa shape index (κ2) is 10.0. The zero-order valence-corrected chi connectivity index (χ0v) is 16.7. The van der Waals surface area contributed by atoms with Gasteiger partial charge in [-0.1, -0.05) is 34.1 Å². The molecule has 0 fully saturated rings. The number of imidazole rings is 1. The second-order valence-electron chi connectivity index (χ2n) is 6.45. The van der Waals surface area contributed by atoms with Crippen molar-refractivity contribution in [2.75, 3.05) is 6.54 Å². The van der Waals surface area contributed by atoms with Crippen LogP contribution in [-0.2, 0) is 11.2 Å². The molecule has 3 aromatic rings. The summed E-state index contributed by atoms with van der Waals surface area (Å²) in [5, 5.41) is 3.04. The first-order valence-corrected chi connectivity index (χ1v) is 9.92. The summed E-state index contributed by atoms with van der Waals surface area (Å²) in [6.07, 6.45) is 8.60. The van der Waals surface area contributed by atoms with Crippen molar-refractivity contribution in [2.45, 2.75) is 31.6 Å². The number of hydrogen-bond donors (Lipinski definition) is 2. The van der Waals surface area contributed by atoms with Crippen LogP contribution in [0.5, 0.6) is 0 Å². The molecule has 3 rings (SSSR count). The minimum absolute atomic E-state index is 0.0510. The van der Waals surface area contributed by atoms with Crippen molar-refractivity contribution in [1.82, 2.24) is 20.3 Å². The molecule has 2 N–H and O–H groups in total. The van der Waals surface area contributed by atoms with Gasteiger partial charge in [0.15, 0.2) is 0 Å². The lowest BCUT2D eigenvalue weighted by molar-refractivity contribution is -0.121. The van der Waals surface area contributed by atoms with Crippen molar-refractivity contribution in [1.29, 1.82) is 0 Å². The number of nitrogens with one attached hydrogen (secondary N) is 2. The number of benzene rings is 1. The molecule has 6 heteroatoms. The van der Waals surface area contributed by atoms with Gasteiger partial charge in [0.2, 0.25) is 5.91 Å². The Kier molecular flexibility index (Phi) is 7.16. The van der Waals surface area contributed by atoms with Gasteiger partial charge < -0.3 is 10.3 Å². The molecule has 1 atom stereocenters. The molecule has 5 nitrogen and oxygen atoms in total. The fourth-order valence-corrected chi connectivity index (χ4v) is 3.28. The lowest BCUT2D eigenvalue weighted by Gasteiger charge is -2.17. The highest BCUT2D eigenvalue weighted by Crippen LogP contribution is 2.27. The molecule has 0 aliphatic carbocycles. The molecule has 0 radical (unpaired) electrons. The number of aromatic amines is 1. The van der Waals surface area contributed by atoms with Crippen LogP contribution in [0.1, 0.15) is 42.1 Å². The van der Waals surface area contributed by atoms with Gasteiger partial charge in [-0.15, -0.1) is 0 Å². The number of hydrogen-bond acceptors (Lipinski definition) is 3. The van der Waals surface area contributed by atoms with E-state index < -0.39 is 0 Å². The minimum atomic E-state index is -0.0516. The molecule has 0 aliphatic rings. The van der Waals surface area contributed by atoms with E-state index in [0.29, 0.717) is 13.0 Å². The summed E-state index contributed by atoms with van der Waals surface area (Å²) in [7, 11) is 0. The topological polar surface area (TPSA) is 70.7 Å². The zero-order valence-electron chi connectivity index (χ0n) is 15.1. The summed E-state index contributed by atoms with van der Waals surface area (Å²) in [4.78, 5) is 24.1. The van der Waals surface area contributed by atoms with Crippen molar-refractivity contribution in [3.8, 4) is 0 Å². The van der Waals surface area contributed by atoms with Crippen LogP contribution >= 0.6 is 15.9 Å². The Morgan fingerprint density at radius 2 is 2.00 bits per heavy atom. The molecule has 0 bridgehead atoms. The summed E-state index contributed by atoms with van der Waals surface area (Å²) < 4.78 is 1.02. The lowest BCUT2D eigenvalue weighted by atomic mass is 9.91. The van der Waals surface area contributed by atoms with Crippen LogP contribution in [0.3, 0.4) is 0 Å². The Balaban J connectivity index is 1.53. The van der Waals surface area contributed by atoms with Crippen LogP contribution in [0.2, 0.25) is 0 Å². The number of halogens is 1. The summed E-state index contributed by atoms with van der Waals surface area (Å²) in [5.41, 5.74) is 3.13. The van der Waals surface area contributed by atoms with E-state index in [1.54, 1.807) is 12.5 Å². The van der Waals surface area contributed by atoms with E-state index in [9.17, 15) is 4.79 Å². The average molecular weight is 427 g/mol. The van der Waals surface area contributed by atoms with E-state index in [1.165, 1.54) is 0 Å². The predicted octanol–water partition coefficient (Wildman–Crippen LogP) is 4.23. The number of carbonyl (C=O) groups excluding carboxylic acids is 1. The van der Waals surface area contributed by atoms with Gasteiger partial charge in [-0.3, -0.25) is 9.78 Å². The molecule has 0 aliphatic heterocycles. The van der Waals surface area contributed by atoms with E-state index >= 15 is 0 Å². The molecule has 140 valence electrons. The zero-order chi connectivity index (χ0) is 18.9. The number of carbonyl (C=O) groups is 1. The fraction of sp³-hybridized carbons (Fsp3) is 0.286. The first-order chi connectivity index (χ1) is 13.2. The number of unbranched alkanes of at least 4 members (excludes halogenated alkanes) is 1. The monoisotopic (exact) mass is 426 g/mol. The van der Waals surface area contributed by atoms with E-state index in [1.807, 2.05) is 48.7 Å². The van der Waals surface area contributed by atoms with E-state index in [2.05, 4.69) is 36.2 Å². The molecule has 0 spiro atoms. The third-order valence-corrected chi connectivity index (χ3v) is 4.99. The Bertz CT molecular complexity index is 819. The number of aryl methyl sites for hydroxylation is 1. The Morgan fingerprint density at radius 3 is 2.70 bits per heavy atom. The summed E-state index contributed by atoms with van der Waals surface area (Å²) >= 11 is 3.46. The maximum Gasteiger partial charge on any atom is 0.221 e. The Morgan fingerprint density at radius 1 is 1.15 bits per heavy atom. The number of H-pyrrole nitrogens is 1. The van der Waals surface area contributed by atoms with Gasteiger partial charge >= 0.3 is 0 Å². The Hall–Kier alpha value is -2.47. The third-order valence-electron chi connectivity index (χ3n) is 4.46. The molecule has 27 heavy (non-hydrogen) atoms. The largest absolute Gasteiger partial charge is 0.356 e. The van der Waals surface area contributed by atoms with Gasteiger partial charge in [0.25, 0.3) is 0 Å². The maximum atomic E-state index is 12.5. The molecular weight excluding hydrogens is 404 g/mol. The van der Waals surface area contributed by atoms with Crippen molar-refractivity contribution in [2.24, 2.45) is 0 Å². The number of nitrogens with zero attached hydrogens (tertiary/aromatic N) is 2.